The highest BCUT2D eigenvalue weighted by Gasteiger charge is 2.31. The van der Waals surface area contributed by atoms with Gasteiger partial charge in [0.2, 0.25) is 5.95 Å². The first kappa shape index (κ1) is 24.6. The Morgan fingerprint density at radius 1 is 0.974 bits per heavy atom. The number of carbonyl (C=O) groups excluding carboxylic acids is 1. The molecule has 0 radical (unpaired) electrons. The summed E-state index contributed by atoms with van der Waals surface area (Å²) in [6, 6.07) is 15.3. The molecular formula is C27H20F3N7O. The summed E-state index contributed by atoms with van der Waals surface area (Å²) >= 11 is 0. The van der Waals surface area contributed by atoms with E-state index in [4.69, 9.17) is 0 Å². The average molecular weight is 515 g/mol. The predicted octanol–water partition coefficient (Wildman–Crippen LogP) is 6.05. The first-order valence-electron chi connectivity index (χ1n) is 11.4. The molecular weight excluding hydrogens is 495 g/mol. The number of anilines is 3. The standard InChI is InChI=1S/C27H20F3N7O/c1-17-15-37(16-33-17)21-12-19(27(28,29)30)11-20(13-21)34-25(38)22-6-2-3-7-24(22)36-26-32-10-8-23(35-26)18-5-4-9-31-14-18/h2-16H,1H3,(H,34,38)(H,32,35,36). The van der Waals surface area contributed by atoms with Gasteiger partial charge in [-0.05, 0) is 55.5 Å². The molecule has 0 saturated heterocycles. The Morgan fingerprint density at radius 3 is 2.55 bits per heavy atom. The Kier molecular flexibility index (Phi) is 6.56. The van der Waals surface area contributed by atoms with Crippen LogP contribution in [0.1, 0.15) is 21.6 Å². The molecule has 11 heteroatoms. The van der Waals surface area contributed by atoms with Crippen LogP contribution in [0.3, 0.4) is 0 Å². The zero-order valence-corrected chi connectivity index (χ0v) is 19.9. The van der Waals surface area contributed by atoms with E-state index in [1.807, 2.05) is 6.07 Å². The van der Waals surface area contributed by atoms with E-state index in [0.29, 0.717) is 17.1 Å². The van der Waals surface area contributed by atoms with Gasteiger partial charge in [0.25, 0.3) is 5.91 Å². The van der Waals surface area contributed by atoms with Crippen LogP contribution in [0.4, 0.5) is 30.5 Å². The molecule has 5 aromatic rings. The molecule has 3 heterocycles. The molecule has 0 atom stereocenters. The number of aryl methyl sites for hydroxylation is 1. The van der Waals surface area contributed by atoms with E-state index >= 15 is 0 Å². The molecule has 2 N–H and O–H groups in total. The fourth-order valence-electron chi connectivity index (χ4n) is 3.76. The summed E-state index contributed by atoms with van der Waals surface area (Å²) in [6.45, 7) is 1.73. The first-order valence-corrected chi connectivity index (χ1v) is 11.4. The Labute approximate surface area is 215 Å². The number of amides is 1. The third-order valence-electron chi connectivity index (χ3n) is 5.54. The van der Waals surface area contributed by atoms with Crippen molar-refractivity contribution >= 4 is 23.2 Å². The maximum atomic E-state index is 13.6. The van der Waals surface area contributed by atoms with Crippen molar-refractivity contribution < 1.29 is 18.0 Å². The zero-order valence-electron chi connectivity index (χ0n) is 19.9. The number of pyridine rings is 1. The number of hydrogen-bond donors (Lipinski definition) is 2. The molecule has 0 unspecified atom stereocenters. The summed E-state index contributed by atoms with van der Waals surface area (Å²) in [5, 5.41) is 5.62. The molecule has 190 valence electrons. The fourth-order valence-corrected chi connectivity index (χ4v) is 3.76. The topological polar surface area (TPSA) is 97.6 Å². The van der Waals surface area contributed by atoms with Crippen LogP contribution in [0.15, 0.2) is 91.8 Å². The van der Waals surface area contributed by atoms with Gasteiger partial charge < -0.3 is 15.2 Å². The minimum Gasteiger partial charge on any atom is -0.323 e. The van der Waals surface area contributed by atoms with E-state index in [9.17, 15) is 18.0 Å². The molecule has 0 aliphatic heterocycles. The second-order valence-electron chi connectivity index (χ2n) is 8.32. The van der Waals surface area contributed by atoms with Crippen molar-refractivity contribution in [3.05, 3.63) is 109 Å². The monoisotopic (exact) mass is 515 g/mol. The normalized spacial score (nSPS) is 11.3. The molecule has 0 fully saturated rings. The number of imidazole rings is 1. The lowest BCUT2D eigenvalue weighted by Crippen LogP contribution is -2.16. The van der Waals surface area contributed by atoms with Crippen LogP contribution in [0, 0.1) is 6.92 Å². The zero-order chi connectivity index (χ0) is 26.7. The largest absolute Gasteiger partial charge is 0.416 e. The second-order valence-corrected chi connectivity index (χ2v) is 8.32. The summed E-state index contributed by atoms with van der Waals surface area (Å²) in [7, 11) is 0. The summed E-state index contributed by atoms with van der Waals surface area (Å²) in [4.78, 5) is 30.1. The lowest BCUT2D eigenvalue weighted by atomic mass is 10.1. The third-order valence-corrected chi connectivity index (χ3v) is 5.54. The number of halogens is 3. The van der Waals surface area contributed by atoms with Gasteiger partial charge in [0.05, 0.1) is 34.5 Å². The number of rotatable bonds is 6. The quantitative estimate of drug-likeness (QED) is 0.286. The molecule has 0 aliphatic carbocycles. The van der Waals surface area contributed by atoms with Crippen molar-refractivity contribution in [1.29, 1.82) is 0 Å². The van der Waals surface area contributed by atoms with Crippen molar-refractivity contribution in [3.8, 4) is 16.9 Å². The van der Waals surface area contributed by atoms with Gasteiger partial charge in [-0.2, -0.15) is 13.2 Å². The van der Waals surface area contributed by atoms with Gasteiger partial charge in [-0.25, -0.2) is 15.0 Å². The first-order chi connectivity index (χ1) is 18.3. The van der Waals surface area contributed by atoms with Crippen molar-refractivity contribution in [2.24, 2.45) is 0 Å². The van der Waals surface area contributed by atoms with E-state index in [-0.39, 0.29) is 22.9 Å². The summed E-state index contributed by atoms with van der Waals surface area (Å²) in [5.74, 6) is -0.368. The smallest absolute Gasteiger partial charge is 0.323 e. The Hall–Kier alpha value is -5.06. The highest BCUT2D eigenvalue weighted by Crippen LogP contribution is 2.33. The lowest BCUT2D eigenvalue weighted by molar-refractivity contribution is -0.137. The number of alkyl halides is 3. The van der Waals surface area contributed by atoms with Crippen LogP contribution in [0.25, 0.3) is 16.9 Å². The van der Waals surface area contributed by atoms with E-state index in [1.54, 1.807) is 68.1 Å². The molecule has 0 spiro atoms. The van der Waals surface area contributed by atoms with Crippen LogP contribution in [-0.4, -0.2) is 30.4 Å². The highest BCUT2D eigenvalue weighted by atomic mass is 19.4. The highest BCUT2D eigenvalue weighted by molar-refractivity contribution is 6.08. The van der Waals surface area contributed by atoms with Gasteiger partial charge in [-0.1, -0.05) is 12.1 Å². The van der Waals surface area contributed by atoms with Crippen LogP contribution < -0.4 is 10.6 Å². The van der Waals surface area contributed by atoms with Gasteiger partial charge in [0.1, 0.15) is 0 Å². The van der Waals surface area contributed by atoms with Gasteiger partial charge in [0, 0.05) is 41.7 Å². The molecule has 0 aliphatic rings. The van der Waals surface area contributed by atoms with Crippen molar-refractivity contribution in [1.82, 2.24) is 24.5 Å². The Balaban J connectivity index is 1.43. The van der Waals surface area contributed by atoms with Crippen molar-refractivity contribution in [2.75, 3.05) is 10.6 Å². The second kappa shape index (κ2) is 10.1. The van der Waals surface area contributed by atoms with E-state index in [2.05, 4.69) is 30.6 Å². The Morgan fingerprint density at radius 2 is 1.82 bits per heavy atom. The third kappa shape index (κ3) is 5.51. The van der Waals surface area contributed by atoms with Crippen LogP contribution in [-0.2, 0) is 6.18 Å². The number of hydrogen-bond acceptors (Lipinski definition) is 6. The molecule has 1 amide bonds. The lowest BCUT2D eigenvalue weighted by Gasteiger charge is -2.15. The number of aromatic nitrogens is 5. The number of nitrogens with one attached hydrogen (secondary N) is 2. The van der Waals surface area contributed by atoms with Crippen LogP contribution in [0.2, 0.25) is 0 Å². The van der Waals surface area contributed by atoms with E-state index in [1.165, 1.54) is 17.0 Å². The van der Waals surface area contributed by atoms with Gasteiger partial charge in [0.15, 0.2) is 0 Å². The number of carbonyl (C=O) groups is 1. The molecule has 3 aromatic heterocycles. The predicted molar refractivity (Wildman–Crippen MR) is 136 cm³/mol. The molecule has 2 aromatic carbocycles. The van der Waals surface area contributed by atoms with Gasteiger partial charge >= 0.3 is 6.18 Å². The molecule has 0 bridgehead atoms. The number of para-hydroxylation sites is 1. The number of nitrogens with zero attached hydrogens (tertiary/aromatic N) is 5. The van der Waals surface area contributed by atoms with Crippen LogP contribution >= 0.6 is 0 Å². The van der Waals surface area contributed by atoms with Crippen molar-refractivity contribution in [3.63, 3.8) is 0 Å². The molecule has 0 saturated carbocycles. The maximum absolute atomic E-state index is 13.6. The van der Waals surface area contributed by atoms with Gasteiger partial charge in [-0.15, -0.1) is 0 Å². The Bertz CT molecular complexity index is 1600. The van der Waals surface area contributed by atoms with Crippen molar-refractivity contribution in [2.45, 2.75) is 13.1 Å². The minimum absolute atomic E-state index is 0.0178. The van der Waals surface area contributed by atoms with Crippen LogP contribution in [0.5, 0.6) is 0 Å². The minimum atomic E-state index is -4.61. The SMILES string of the molecule is Cc1cn(-c2cc(NC(=O)c3ccccc3Nc3nccc(-c4cccnc4)n3)cc(C(F)(F)F)c2)cn1. The average Bonchev–Trinajstić information content (AvgIpc) is 3.35. The molecule has 8 nitrogen and oxygen atoms in total. The summed E-state index contributed by atoms with van der Waals surface area (Å²) in [6.07, 6.45) is 3.29. The summed E-state index contributed by atoms with van der Waals surface area (Å²) < 4.78 is 42.3. The fraction of sp³-hybridized carbons (Fsp3) is 0.0741. The molecule has 5 rings (SSSR count). The molecule has 38 heavy (non-hydrogen) atoms. The maximum Gasteiger partial charge on any atom is 0.416 e. The van der Waals surface area contributed by atoms with Gasteiger partial charge in [-0.3, -0.25) is 9.78 Å². The summed E-state index contributed by atoms with van der Waals surface area (Å²) in [5.41, 5.74) is 1.93. The van der Waals surface area contributed by atoms with E-state index < -0.39 is 17.6 Å². The van der Waals surface area contributed by atoms with E-state index in [0.717, 1.165) is 17.7 Å². The number of benzene rings is 2.